The Labute approximate surface area is 154 Å². The lowest BCUT2D eigenvalue weighted by Gasteiger charge is -2.15. The maximum Gasteiger partial charge on any atom is 0.307 e. The SMILES string of the molecule is O=C(O)Cc1ccc(S(=O)(=O)NCC2CCc3ccccc3CC2)cc1. The van der Waals surface area contributed by atoms with E-state index < -0.39 is 16.0 Å². The minimum Gasteiger partial charge on any atom is -0.481 e. The fraction of sp³-hybridized carbons (Fsp3) is 0.350. The van der Waals surface area contributed by atoms with Gasteiger partial charge in [0.25, 0.3) is 0 Å². The predicted octanol–water partition coefficient (Wildman–Crippen LogP) is 2.79. The van der Waals surface area contributed by atoms with Crippen LogP contribution >= 0.6 is 0 Å². The smallest absolute Gasteiger partial charge is 0.307 e. The standard InChI is InChI=1S/C20H23NO4S/c22-20(23)13-15-7-11-19(12-8-15)26(24,25)21-14-16-5-9-17-3-1-2-4-18(17)10-6-16/h1-4,7-8,11-12,16,21H,5-6,9-10,13-14H2,(H,22,23). The van der Waals surface area contributed by atoms with Gasteiger partial charge in [0.05, 0.1) is 11.3 Å². The van der Waals surface area contributed by atoms with Crippen molar-refractivity contribution in [2.24, 2.45) is 5.92 Å². The van der Waals surface area contributed by atoms with E-state index in [1.54, 1.807) is 12.1 Å². The van der Waals surface area contributed by atoms with Crippen molar-refractivity contribution in [3.05, 3.63) is 65.2 Å². The lowest BCUT2D eigenvalue weighted by molar-refractivity contribution is -0.136. The molecule has 0 aromatic heterocycles. The summed E-state index contributed by atoms with van der Waals surface area (Å²) in [4.78, 5) is 10.9. The Hall–Kier alpha value is -2.18. The lowest BCUT2D eigenvalue weighted by atomic mass is 10.0. The van der Waals surface area contributed by atoms with Crippen molar-refractivity contribution in [2.45, 2.75) is 37.0 Å². The molecule has 1 aliphatic carbocycles. The van der Waals surface area contributed by atoms with Gasteiger partial charge in [0, 0.05) is 6.54 Å². The maximum absolute atomic E-state index is 12.5. The average Bonchev–Trinajstić information content (AvgIpc) is 2.82. The number of aryl methyl sites for hydroxylation is 2. The fourth-order valence-corrected chi connectivity index (χ4v) is 4.50. The van der Waals surface area contributed by atoms with Crippen LogP contribution in [0.2, 0.25) is 0 Å². The van der Waals surface area contributed by atoms with Gasteiger partial charge in [-0.2, -0.15) is 0 Å². The zero-order valence-electron chi connectivity index (χ0n) is 14.5. The molecule has 0 saturated carbocycles. The average molecular weight is 373 g/mol. The second kappa shape index (κ2) is 8.01. The number of benzene rings is 2. The molecule has 0 unspecified atom stereocenters. The number of aliphatic carboxylic acids is 1. The Morgan fingerprint density at radius 1 is 1.00 bits per heavy atom. The van der Waals surface area contributed by atoms with Crippen molar-refractivity contribution < 1.29 is 18.3 Å². The lowest BCUT2D eigenvalue weighted by Crippen LogP contribution is -2.29. The largest absolute Gasteiger partial charge is 0.481 e. The highest BCUT2D eigenvalue weighted by molar-refractivity contribution is 7.89. The molecular weight excluding hydrogens is 350 g/mol. The molecule has 0 heterocycles. The van der Waals surface area contributed by atoms with Crippen molar-refractivity contribution in [1.82, 2.24) is 4.72 Å². The summed E-state index contributed by atoms with van der Waals surface area (Å²) in [5, 5.41) is 8.78. The number of hydrogen-bond donors (Lipinski definition) is 2. The van der Waals surface area contributed by atoms with Crippen molar-refractivity contribution in [3.63, 3.8) is 0 Å². The molecule has 3 rings (SSSR count). The van der Waals surface area contributed by atoms with Crippen molar-refractivity contribution in [3.8, 4) is 0 Å². The summed E-state index contributed by atoms with van der Waals surface area (Å²) < 4.78 is 27.7. The molecule has 0 amide bonds. The molecule has 0 aliphatic heterocycles. The Morgan fingerprint density at radius 2 is 1.58 bits per heavy atom. The number of fused-ring (bicyclic) bond motifs is 1. The minimum absolute atomic E-state index is 0.115. The third-order valence-electron chi connectivity index (χ3n) is 4.91. The molecule has 0 atom stereocenters. The fourth-order valence-electron chi connectivity index (χ4n) is 3.38. The normalized spacial score (nSPS) is 15.2. The molecule has 2 N–H and O–H groups in total. The van der Waals surface area contributed by atoms with Crippen LogP contribution in [0.5, 0.6) is 0 Å². The van der Waals surface area contributed by atoms with E-state index in [1.165, 1.54) is 23.3 Å². The first-order valence-electron chi connectivity index (χ1n) is 8.81. The van der Waals surface area contributed by atoms with E-state index in [2.05, 4.69) is 29.0 Å². The molecule has 1 aliphatic rings. The molecule has 6 heteroatoms. The number of rotatable bonds is 6. The van der Waals surface area contributed by atoms with Crippen LogP contribution < -0.4 is 4.72 Å². The molecule has 26 heavy (non-hydrogen) atoms. The molecule has 2 aromatic rings. The predicted molar refractivity (Wildman–Crippen MR) is 99.5 cm³/mol. The van der Waals surface area contributed by atoms with E-state index in [9.17, 15) is 13.2 Å². The molecule has 0 bridgehead atoms. The molecule has 0 radical (unpaired) electrons. The first-order valence-corrected chi connectivity index (χ1v) is 10.3. The zero-order chi connectivity index (χ0) is 18.6. The van der Waals surface area contributed by atoms with Gasteiger partial charge >= 0.3 is 5.97 Å². The first-order chi connectivity index (χ1) is 12.4. The Morgan fingerprint density at radius 3 is 2.12 bits per heavy atom. The first kappa shape index (κ1) is 18.6. The van der Waals surface area contributed by atoms with Crippen LogP contribution in [-0.4, -0.2) is 26.0 Å². The van der Waals surface area contributed by atoms with E-state index in [0.717, 1.165) is 25.7 Å². The summed E-state index contributed by atoms with van der Waals surface area (Å²) in [5.41, 5.74) is 3.32. The highest BCUT2D eigenvalue weighted by Gasteiger charge is 2.20. The van der Waals surface area contributed by atoms with E-state index in [4.69, 9.17) is 5.11 Å². The van der Waals surface area contributed by atoms with E-state index in [1.807, 2.05) is 0 Å². The van der Waals surface area contributed by atoms with Crippen LogP contribution in [0.25, 0.3) is 0 Å². The Bertz CT molecular complexity index is 848. The van der Waals surface area contributed by atoms with Crippen LogP contribution in [0.4, 0.5) is 0 Å². The highest BCUT2D eigenvalue weighted by atomic mass is 32.2. The van der Waals surface area contributed by atoms with Crippen LogP contribution in [-0.2, 0) is 34.1 Å². The van der Waals surface area contributed by atoms with Gasteiger partial charge in [0.1, 0.15) is 0 Å². The monoisotopic (exact) mass is 373 g/mol. The molecular formula is C20H23NO4S. The summed E-state index contributed by atoms with van der Waals surface area (Å²) in [6, 6.07) is 14.4. The minimum atomic E-state index is -3.58. The number of sulfonamides is 1. The van der Waals surface area contributed by atoms with Crippen LogP contribution in [0, 0.1) is 5.92 Å². The summed E-state index contributed by atoms with van der Waals surface area (Å²) in [6.07, 6.45) is 3.78. The molecule has 5 nitrogen and oxygen atoms in total. The van der Waals surface area contributed by atoms with Crippen LogP contribution in [0.1, 0.15) is 29.5 Å². The second-order valence-corrected chi connectivity index (χ2v) is 8.55. The number of carboxylic acid groups (broad SMARTS) is 1. The topological polar surface area (TPSA) is 83.5 Å². The maximum atomic E-state index is 12.5. The number of carboxylic acids is 1. The second-order valence-electron chi connectivity index (χ2n) is 6.78. The molecule has 0 spiro atoms. The third-order valence-corrected chi connectivity index (χ3v) is 6.35. The Balaban J connectivity index is 1.59. The van der Waals surface area contributed by atoms with Gasteiger partial charge in [-0.3, -0.25) is 4.79 Å². The van der Waals surface area contributed by atoms with Crippen LogP contribution in [0.15, 0.2) is 53.4 Å². The molecule has 2 aromatic carbocycles. The number of carbonyl (C=O) groups is 1. The third kappa shape index (κ3) is 4.71. The van der Waals surface area contributed by atoms with E-state index in [-0.39, 0.29) is 11.3 Å². The summed E-state index contributed by atoms with van der Waals surface area (Å²) in [7, 11) is -3.58. The quantitative estimate of drug-likeness (QED) is 0.763. The van der Waals surface area contributed by atoms with Crippen molar-refractivity contribution in [2.75, 3.05) is 6.54 Å². The van der Waals surface area contributed by atoms with Crippen LogP contribution in [0.3, 0.4) is 0 Å². The highest BCUT2D eigenvalue weighted by Crippen LogP contribution is 2.24. The number of hydrogen-bond acceptors (Lipinski definition) is 3. The summed E-state index contributed by atoms with van der Waals surface area (Å²) in [5.74, 6) is -0.628. The van der Waals surface area contributed by atoms with Gasteiger partial charge in [0.15, 0.2) is 0 Å². The van der Waals surface area contributed by atoms with Gasteiger partial charge in [-0.25, -0.2) is 13.1 Å². The van der Waals surface area contributed by atoms with Crippen molar-refractivity contribution >= 4 is 16.0 Å². The van der Waals surface area contributed by atoms with Crippen molar-refractivity contribution in [1.29, 1.82) is 0 Å². The van der Waals surface area contributed by atoms with Gasteiger partial charge in [-0.15, -0.1) is 0 Å². The molecule has 138 valence electrons. The zero-order valence-corrected chi connectivity index (χ0v) is 15.3. The number of nitrogens with one attached hydrogen (secondary N) is 1. The van der Waals surface area contributed by atoms with Gasteiger partial charge in [0.2, 0.25) is 10.0 Å². The Kier molecular flexibility index (Phi) is 5.74. The summed E-state index contributed by atoms with van der Waals surface area (Å²) >= 11 is 0. The molecule has 0 saturated heterocycles. The van der Waals surface area contributed by atoms with E-state index in [0.29, 0.717) is 18.0 Å². The van der Waals surface area contributed by atoms with Gasteiger partial charge in [-0.1, -0.05) is 36.4 Å². The van der Waals surface area contributed by atoms with Gasteiger partial charge in [-0.05, 0) is 60.4 Å². The van der Waals surface area contributed by atoms with E-state index >= 15 is 0 Å². The molecule has 0 fully saturated rings. The summed E-state index contributed by atoms with van der Waals surface area (Å²) in [6.45, 7) is 0.424. The van der Waals surface area contributed by atoms with Gasteiger partial charge < -0.3 is 5.11 Å².